The average Bonchev–Trinajstić information content (AvgIpc) is 3.36. The van der Waals surface area contributed by atoms with E-state index >= 15 is 0 Å². The predicted molar refractivity (Wildman–Crippen MR) is 101 cm³/mol. The number of hydrogen-bond donors (Lipinski definition) is 2. The lowest BCUT2D eigenvalue weighted by molar-refractivity contribution is -0.0436. The average molecular weight is 467 g/mol. The van der Waals surface area contributed by atoms with Gasteiger partial charge < -0.3 is 5.11 Å². The summed E-state index contributed by atoms with van der Waals surface area (Å²) < 4.78 is 63.1. The van der Waals surface area contributed by atoms with Gasteiger partial charge in [0.1, 0.15) is 0 Å². The van der Waals surface area contributed by atoms with Gasteiger partial charge in [0.15, 0.2) is 0 Å². The highest BCUT2D eigenvalue weighted by Crippen LogP contribution is 2.30. The molecular weight excluding hydrogens is 455 g/mol. The molecule has 0 aliphatic heterocycles. The number of H-pyrrole nitrogens is 1. The third kappa shape index (κ3) is 3.62. The molecule has 0 amide bonds. The Kier molecular flexibility index (Phi) is 5.04. The predicted octanol–water partition coefficient (Wildman–Crippen LogP) is 1.26. The molecule has 0 aliphatic rings. The third-order valence-corrected chi connectivity index (χ3v) is 5.99. The number of nitrogens with zero attached hydrogens (tertiary/aromatic N) is 6. The van der Waals surface area contributed by atoms with Gasteiger partial charge in [-0.15, -0.1) is 10.2 Å². The van der Waals surface area contributed by atoms with Crippen molar-refractivity contribution in [2.24, 2.45) is 0 Å². The van der Waals surface area contributed by atoms with Crippen LogP contribution in [0, 0.1) is 0 Å². The van der Waals surface area contributed by atoms with Crippen molar-refractivity contribution in [2.75, 3.05) is 0 Å². The highest BCUT2D eigenvalue weighted by atomic mass is 32.2. The number of aromatic hydroxyl groups is 1. The Morgan fingerprint density at radius 3 is 2.47 bits per heavy atom. The molecule has 0 fully saturated rings. The van der Waals surface area contributed by atoms with Gasteiger partial charge in [-0.1, -0.05) is 0 Å². The number of rotatable bonds is 5. The van der Waals surface area contributed by atoms with Crippen LogP contribution < -0.4 is 5.69 Å². The molecule has 3 aromatic heterocycles. The fourth-order valence-corrected chi connectivity index (χ4v) is 3.73. The monoisotopic (exact) mass is 467 g/mol. The van der Waals surface area contributed by atoms with Crippen molar-refractivity contribution in [3.8, 4) is 23.0 Å². The smallest absolute Gasteiger partial charge is 0.493 e. The second kappa shape index (κ2) is 7.60. The Bertz CT molecular complexity index is 1430. The molecule has 11 nitrogen and oxygen atoms in total. The van der Waals surface area contributed by atoms with Crippen LogP contribution in [-0.2, 0) is 16.4 Å². The van der Waals surface area contributed by atoms with E-state index in [0.29, 0.717) is 23.3 Å². The minimum absolute atomic E-state index is 0.0215. The van der Waals surface area contributed by atoms with Crippen molar-refractivity contribution in [3.63, 3.8) is 0 Å². The first-order chi connectivity index (χ1) is 15.1. The normalized spacial score (nSPS) is 12.2. The van der Waals surface area contributed by atoms with Gasteiger partial charge in [0.05, 0.1) is 23.3 Å². The van der Waals surface area contributed by atoms with E-state index in [0.717, 1.165) is 27.5 Å². The maximum atomic E-state index is 12.8. The van der Waals surface area contributed by atoms with Crippen LogP contribution in [0.25, 0.3) is 17.1 Å². The lowest BCUT2D eigenvalue weighted by Crippen LogP contribution is -2.24. The zero-order chi connectivity index (χ0) is 23.1. The van der Waals surface area contributed by atoms with Gasteiger partial charge in [0.25, 0.3) is 9.84 Å². The quantitative estimate of drug-likeness (QED) is 0.446. The molecule has 0 atom stereocenters. The molecule has 0 saturated carbocycles. The summed E-state index contributed by atoms with van der Waals surface area (Å²) in [6, 6.07) is 5.00. The van der Waals surface area contributed by atoms with Crippen LogP contribution >= 0.6 is 0 Å². The Hall–Kier alpha value is -4.01. The number of sulfone groups is 1. The van der Waals surface area contributed by atoms with E-state index in [9.17, 15) is 31.5 Å². The zero-order valence-electron chi connectivity index (χ0n) is 15.7. The number of nitrogens with one attached hydrogen (secondary N) is 1. The standard InChI is InChI=1S/C17H12F3N7O4S/c18-17(19,20)32(30,31)12-3-1-11(2-4-12)27-14(28)9-26(16(27)29)8-10-5-6-21-7-13(10)15-22-24-25-23-15/h1-7,9,28H,8H2,(H,22,23,24,25). The van der Waals surface area contributed by atoms with Crippen molar-refractivity contribution in [2.45, 2.75) is 16.9 Å². The summed E-state index contributed by atoms with van der Waals surface area (Å²) in [6.45, 7) is -0.0215. The van der Waals surface area contributed by atoms with Crippen LogP contribution in [-0.4, -0.2) is 53.8 Å². The van der Waals surface area contributed by atoms with Crippen LogP contribution in [0.3, 0.4) is 0 Å². The third-order valence-electron chi connectivity index (χ3n) is 4.49. The summed E-state index contributed by atoms with van der Waals surface area (Å²) in [7, 11) is -5.54. The zero-order valence-corrected chi connectivity index (χ0v) is 16.5. The number of aromatic nitrogens is 7. The Balaban J connectivity index is 1.69. The van der Waals surface area contributed by atoms with E-state index in [2.05, 4.69) is 25.6 Å². The maximum absolute atomic E-state index is 12.8. The minimum Gasteiger partial charge on any atom is -0.493 e. The highest BCUT2D eigenvalue weighted by Gasteiger charge is 2.46. The molecule has 3 heterocycles. The van der Waals surface area contributed by atoms with Crippen LogP contribution in [0.4, 0.5) is 13.2 Å². The topological polar surface area (TPSA) is 149 Å². The summed E-state index contributed by atoms with van der Waals surface area (Å²) in [5, 5.41) is 23.8. The molecule has 0 radical (unpaired) electrons. The summed E-state index contributed by atoms with van der Waals surface area (Å²) in [5.41, 5.74) is -5.14. The first-order valence-electron chi connectivity index (χ1n) is 8.69. The van der Waals surface area contributed by atoms with Crippen molar-refractivity contribution in [1.82, 2.24) is 34.7 Å². The number of hydrogen-bond acceptors (Lipinski definition) is 8. The molecule has 4 aromatic rings. The number of pyridine rings is 1. The molecule has 166 valence electrons. The van der Waals surface area contributed by atoms with Crippen molar-refractivity contribution in [3.05, 3.63) is 65.0 Å². The number of tetrazole rings is 1. The largest absolute Gasteiger partial charge is 0.501 e. The lowest BCUT2D eigenvalue weighted by Gasteiger charge is -2.09. The summed E-state index contributed by atoms with van der Waals surface area (Å²) in [5.74, 6) is -0.261. The van der Waals surface area contributed by atoms with E-state index < -0.39 is 31.8 Å². The number of imidazole rings is 1. The molecule has 1 aromatic carbocycles. The molecule has 0 bridgehead atoms. The first kappa shape index (κ1) is 21.2. The van der Waals surface area contributed by atoms with Gasteiger partial charge in [-0.3, -0.25) is 9.55 Å². The minimum atomic E-state index is -5.54. The fraction of sp³-hybridized carbons (Fsp3) is 0.118. The molecule has 0 spiro atoms. The lowest BCUT2D eigenvalue weighted by atomic mass is 10.1. The van der Waals surface area contributed by atoms with E-state index in [1.54, 1.807) is 6.07 Å². The summed E-state index contributed by atoms with van der Waals surface area (Å²) in [6.07, 6.45) is 4.09. The second-order valence-electron chi connectivity index (χ2n) is 6.44. The fourth-order valence-electron chi connectivity index (χ4n) is 2.96. The molecule has 15 heteroatoms. The Labute approximate surface area is 176 Å². The molecule has 4 rings (SSSR count). The van der Waals surface area contributed by atoms with Crippen molar-refractivity contribution >= 4 is 9.84 Å². The van der Waals surface area contributed by atoms with Crippen LogP contribution in [0.1, 0.15) is 5.56 Å². The molecular formula is C17H12F3N7O4S. The molecule has 2 N–H and O–H groups in total. The Morgan fingerprint density at radius 1 is 1.12 bits per heavy atom. The van der Waals surface area contributed by atoms with Gasteiger partial charge in [0.2, 0.25) is 11.7 Å². The SMILES string of the molecule is O=c1n(Cc2ccncc2-c2nn[nH]n2)cc(O)n1-c1ccc(S(=O)(=O)C(F)(F)F)cc1. The number of benzene rings is 1. The number of halogens is 3. The van der Waals surface area contributed by atoms with E-state index in [1.807, 2.05) is 0 Å². The van der Waals surface area contributed by atoms with E-state index in [4.69, 9.17) is 0 Å². The van der Waals surface area contributed by atoms with Gasteiger partial charge >= 0.3 is 11.2 Å². The van der Waals surface area contributed by atoms with Crippen molar-refractivity contribution in [1.29, 1.82) is 0 Å². The summed E-state index contributed by atoms with van der Waals surface area (Å²) >= 11 is 0. The van der Waals surface area contributed by atoms with Crippen molar-refractivity contribution < 1.29 is 26.7 Å². The molecule has 0 unspecified atom stereocenters. The number of aromatic amines is 1. The second-order valence-corrected chi connectivity index (χ2v) is 8.39. The van der Waals surface area contributed by atoms with Gasteiger partial charge in [-0.05, 0) is 41.1 Å². The van der Waals surface area contributed by atoms with E-state index in [1.165, 1.54) is 12.4 Å². The van der Waals surface area contributed by atoms with Crippen LogP contribution in [0.5, 0.6) is 5.88 Å². The van der Waals surface area contributed by atoms with Gasteiger partial charge in [0, 0.05) is 18.0 Å². The van der Waals surface area contributed by atoms with Gasteiger partial charge in [-0.2, -0.15) is 18.4 Å². The molecule has 32 heavy (non-hydrogen) atoms. The maximum Gasteiger partial charge on any atom is 0.501 e. The Morgan fingerprint density at radius 2 is 1.84 bits per heavy atom. The van der Waals surface area contributed by atoms with Gasteiger partial charge in [-0.25, -0.2) is 17.8 Å². The highest BCUT2D eigenvalue weighted by molar-refractivity contribution is 7.92. The number of alkyl halides is 3. The van der Waals surface area contributed by atoms with E-state index in [-0.39, 0.29) is 18.1 Å². The van der Waals surface area contributed by atoms with Crippen LogP contribution in [0.2, 0.25) is 0 Å². The molecule has 0 saturated heterocycles. The summed E-state index contributed by atoms with van der Waals surface area (Å²) in [4.78, 5) is 15.8. The first-order valence-corrected chi connectivity index (χ1v) is 10.2. The molecule has 0 aliphatic carbocycles. The van der Waals surface area contributed by atoms with Crippen LogP contribution in [0.15, 0.2) is 58.6 Å².